The van der Waals surface area contributed by atoms with Crippen molar-refractivity contribution in [1.29, 1.82) is 0 Å². The van der Waals surface area contributed by atoms with E-state index < -0.39 is 11.6 Å². The molecule has 2 fully saturated rings. The first-order chi connectivity index (χ1) is 8.68. The summed E-state index contributed by atoms with van der Waals surface area (Å²) in [5.74, 6) is -0.458. The summed E-state index contributed by atoms with van der Waals surface area (Å²) in [5.41, 5.74) is 0.198. The highest BCUT2D eigenvalue weighted by Crippen LogP contribution is 2.56. The van der Waals surface area contributed by atoms with Gasteiger partial charge in [-0.3, -0.25) is 4.79 Å². The van der Waals surface area contributed by atoms with E-state index in [0.29, 0.717) is 11.8 Å². The second-order valence-electron chi connectivity index (χ2n) is 5.49. The lowest BCUT2D eigenvalue weighted by Gasteiger charge is -2.04. The molecule has 1 aromatic rings. The Morgan fingerprint density at radius 3 is 2.50 bits per heavy atom. The minimum Gasteiger partial charge on any atom is -0.299 e. The summed E-state index contributed by atoms with van der Waals surface area (Å²) in [6, 6.07) is 4.05. The summed E-state index contributed by atoms with van der Waals surface area (Å²) in [6.07, 6.45) is 4.72. The van der Waals surface area contributed by atoms with Crippen molar-refractivity contribution >= 4 is 5.78 Å². The molecule has 0 aliphatic heterocycles. The lowest BCUT2D eigenvalue weighted by atomic mass is 10.0. The van der Waals surface area contributed by atoms with Gasteiger partial charge >= 0.3 is 0 Å². The van der Waals surface area contributed by atoms with Crippen molar-refractivity contribution in [2.45, 2.75) is 32.1 Å². The molecule has 0 bridgehead atoms. The molecule has 2 aliphatic carbocycles. The third-order valence-electron chi connectivity index (χ3n) is 4.42. The predicted molar refractivity (Wildman–Crippen MR) is 64.0 cm³/mol. The summed E-state index contributed by atoms with van der Waals surface area (Å²) >= 11 is 0. The Kier molecular flexibility index (Phi) is 2.92. The van der Waals surface area contributed by atoms with Crippen LogP contribution in [0.1, 0.15) is 31.2 Å². The number of carbonyl (C=O) groups is 1. The lowest BCUT2D eigenvalue weighted by Crippen LogP contribution is -2.09. The Bertz CT molecular complexity index is 471. The zero-order valence-electron chi connectivity index (χ0n) is 10.2. The quantitative estimate of drug-likeness (QED) is 0.802. The van der Waals surface area contributed by atoms with E-state index in [1.807, 2.05) is 0 Å². The zero-order valence-corrected chi connectivity index (χ0v) is 10.2. The van der Waals surface area contributed by atoms with Gasteiger partial charge in [0.05, 0.1) is 0 Å². The van der Waals surface area contributed by atoms with Crippen LogP contribution in [0.4, 0.5) is 8.78 Å². The SMILES string of the molecule is O=C(Cc1cccc(F)c1F)C1C2CCCCC21. The average Bonchev–Trinajstić information content (AvgIpc) is 3.09. The molecule has 0 saturated heterocycles. The van der Waals surface area contributed by atoms with Gasteiger partial charge in [0.1, 0.15) is 5.78 Å². The zero-order chi connectivity index (χ0) is 12.7. The molecular formula is C15H16F2O. The number of fused-ring (bicyclic) bond motifs is 1. The van der Waals surface area contributed by atoms with Crippen molar-refractivity contribution in [3.05, 3.63) is 35.4 Å². The number of Topliss-reactive ketones (excluding diaryl/α,β-unsaturated/α-hetero) is 1. The highest BCUT2D eigenvalue weighted by molar-refractivity contribution is 5.86. The van der Waals surface area contributed by atoms with Crippen molar-refractivity contribution in [2.24, 2.45) is 17.8 Å². The van der Waals surface area contributed by atoms with Crippen LogP contribution >= 0.6 is 0 Å². The van der Waals surface area contributed by atoms with E-state index >= 15 is 0 Å². The van der Waals surface area contributed by atoms with Gasteiger partial charge in [-0.1, -0.05) is 25.0 Å². The van der Waals surface area contributed by atoms with Gasteiger partial charge in [-0.2, -0.15) is 0 Å². The number of carbonyl (C=O) groups excluding carboxylic acids is 1. The molecule has 2 aliphatic rings. The summed E-state index contributed by atoms with van der Waals surface area (Å²) in [7, 11) is 0. The van der Waals surface area contributed by atoms with Crippen molar-refractivity contribution in [2.75, 3.05) is 0 Å². The first kappa shape index (κ1) is 11.8. The van der Waals surface area contributed by atoms with E-state index in [1.165, 1.54) is 25.0 Å². The molecule has 2 atom stereocenters. The monoisotopic (exact) mass is 250 g/mol. The Hall–Kier alpha value is -1.25. The fourth-order valence-corrected chi connectivity index (χ4v) is 3.46. The molecule has 2 saturated carbocycles. The van der Waals surface area contributed by atoms with E-state index in [0.717, 1.165) is 18.9 Å². The summed E-state index contributed by atoms with van der Waals surface area (Å²) in [5, 5.41) is 0. The topological polar surface area (TPSA) is 17.1 Å². The van der Waals surface area contributed by atoms with Gasteiger partial charge in [0.25, 0.3) is 0 Å². The maximum absolute atomic E-state index is 13.5. The molecule has 2 unspecified atom stereocenters. The van der Waals surface area contributed by atoms with E-state index in [-0.39, 0.29) is 23.7 Å². The molecule has 0 radical (unpaired) electrons. The number of benzene rings is 1. The van der Waals surface area contributed by atoms with Crippen LogP contribution in [-0.4, -0.2) is 5.78 Å². The van der Waals surface area contributed by atoms with Gasteiger partial charge in [0, 0.05) is 12.3 Å². The summed E-state index contributed by atoms with van der Waals surface area (Å²) in [6.45, 7) is 0. The van der Waals surface area contributed by atoms with Crippen LogP contribution in [0.15, 0.2) is 18.2 Å². The normalized spacial score (nSPS) is 29.8. The fraction of sp³-hybridized carbons (Fsp3) is 0.533. The van der Waals surface area contributed by atoms with Crippen LogP contribution in [0, 0.1) is 29.4 Å². The Balaban J connectivity index is 1.70. The highest BCUT2D eigenvalue weighted by Gasteiger charge is 2.54. The van der Waals surface area contributed by atoms with Crippen molar-refractivity contribution < 1.29 is 13.6 Å². The number of hydrogen-bond acceptors (Lipinski definition) is 1. The predicted octanol–water partition coefficient (Wildman–Crippen LogP) is 3.51. The average molecular weight is 250 g/mol. The largest absolute Gasteiger partial charge is 0.299 e. The molecule has 0 aromatic heterocycles. The van der Waals surface area contributed by atoms with E-state index in [4.69, 9.17) is 0 Å². The standard InChI is InChI=1S/C15H16F2O/c16-12-7-3-4-9(15(12)17)8-13(18)14-10-5-1-2-6-11(10)14/h3-4,7,10-11,14H,1-2,5-6,8H2. The molecule has 1 aromatic carbocycles. The number of ketones is 1. The third kappa shape index (κ3) is 1.96. The molecule has 3 rings (SSSR count). The minimum absolute atomic E-state index is 0.0429. The number of rotatable bonds is 3. The molecule has 0 heterocycles. The lowest BCUT2D eigenvalue weighted by molar-refractivity contribution is -0.120. The van der Waals surface area contributed by atoms with Crippen LogP contribution in [0.2, 0.25) is 0 Å². The van der Waals surface area contributed by atoms with E-state index in [2.05, 4.69) is 0 Å². The first-order valence-corrected chi connectivity index (χ1v) is 6.64. The van der Waals surface area contributed by atoms with Gasteiger partial charge < -0.3 is 0 Å². The highest BCUT2D eigenvalue weighted by atomic mass is 19.2. The van der Waals surface area contributed by atoms with Crippen LogP contribution in [0.25, 0.3) is 0 Å². The van der Waals surface area contributed by atoms with Gasteiger partial charge in [-0.15, -0.1) is 0 Å². The Morgan fingerprint density at radius 1 is 1.17 bits per heavy atom. The third-order valence-corrected chi connectivity index (χ3v) is 4.42. The van der Waals surface area contributed by atoms with Crippen molar-refractivity contribution in [1.82, 2.24) is 0 Å². The Labute approximate surface area is 105 Å². The first-order valence-electron chi connectivity index (χ1n) is 6.64. The van der Waals surface area contributed by atoms with Crippen LogP contribution in [-0.2, 0) is 11.2 Å². The van der Waals surface area contributed by atoms with Crippen molar-refractivity contribution in [3.8, 4) is 0 Å². The molecule has 18 heavy (non-hydrogen) atoms. The molecule has 0 amide bonds. The molecular weight excluding hydrogens is 234 g/mol. The van der Waals surface area contributed by atoms with Gasteiger partial charge in [-0.25, -0.2) is 8.78 Å². The molecule has 0 spiro atoms. The molecule has 0 N–H and O–H groups in total. The number of hydrogen-bond donors (Lipinski definition) is 0. The summed E-state index contributed by atoms with van der Waals surface area (Å²) in [4.78, 5) is 12.1. The Morgan fingerprint density at radius 2 is 1.83 bits per heavy atom. The second-order valence-corrected chi connectivity index (χ2v) is 5.49. The smallest absolute Gasteiger partial charge is 0.162 e. The molecule has 3 heteroatoms. The molecule has 96 valence electrons. The fourth-order valence-electron chi connectivity index (χ4n) is 3.46. The minimum atomic E-state index is -0.867. The van der Waals surface area contributed by atoms with Crippen LogP contribution < -0.4 is 0 Å². The van der Waals surface area contributed by atoms with Crippen LogP contribution in [0.5, 0.6) is 0 Å². The summed E-state index contributed by atoms with van der Waals surface area (Å²) < 4.78 is 26.5. The maximum atomic E-state index is 13.5. The second kappa shape index (κ2) is 4.45. The van der Waals surface area contributed by atoms with Crippen LogP contribution in [0.3, 0.4) is 0 Å². The van der Waals surface area contributed by atoms with E-state index in [1.54, 1.807) is 0 Å². The van der Waals surface area contributed by atoms with Gasteiger partial charge in [0.2, 0.25) is 0 Å². The van der Waals surface area contributed by atoms with E-state index in [9.17, 15) is 13.6 Å². The van der Waals surface area contributed by atoms with Crippen molar-refractivity contribution in [3.63, 3.8) is 0 Å². The number of halogens is 2. The molecule has 1 nitrogen and oxygen atoms in total. The van der Waals surface area contributed by atoms with Gasteiger partial charge in [0.15, 0.2) is 11.6 Å². The van der Waals surface area contributed by atoms with Gasteiger partial charge in [-0.05, 0) is 36.3 Å². The maximum Gasteiger partial charge on any atom is 0.162 e.